The molecule has 3 aromatic rings. The molecule has 0 saturated heterocycles. The van der Waals surface area contributed by atoms with Gasteiger partial charge in [-0.15, -0.1) is 4.91 Å². The number of aliphatic hydroxyl groups excluding tert-OH is 1. The normalized spacial score (nSPS) is 14.4. The Bertz CT molecular complexity index is 1570. The van der Waals surface area contributed by atoms with Crippen LogP contribution in [0.5, 0.6) is 11.5 Å². The van der Waals surface area contributed by atoms with E-state index in [1.165, 1.54) is 24.3 Å². The summed E-state index contributed by atoms with van der Waals surface area (Å²) in [6.07, 6.45) is 4.48. The molecule has 0 amide bonds. The van der Waals surface area contributed by atoms with Gasteiger partial charge in [0.1, 0.15) is 42.2 Å². The van der Waals surface area contributed by atoms with Crippen LogP contribution in [0.4, 0.5) is 10.1 Å². The van der Waals surface area contributed by atoms with Gasteiger partial charge < -0.3 is 24.9 Å². The van der Waals surface area contributed by atoms with E-state index in [0.29, 0.717) is 22.3 Å². The van der Waals surface area contributed by atoms with Crippen LogP contribution in [0.15, 0.2) is 94.8 Å². The summed E-state index contributed by atoms with van der Waals surface area (Å²) in [5, 5.41) is 44.2. The highest BCUT2D eigenvalue weighted by atomic mass is 19.1. The Hall–Kier alpha value is -5.20. The second-order valence-electron chi connectivity index (χ2n) is 9.15. The van der Waals surface area contributed by atoms with Gasteiger partial charge in [-0.1, -0.05) is 59.8 Å². The van der Waals surface area contributed by atoms with Gasteiger partial charge in [0, 0.05) is 29.3 Å². The molecule has 0 radical (unpaired) electrons. The van der Waals surface area contributed by atoms with Crippen molar-refractivity contribution in [2.45, 2.75) is 19.2 Å². The molecule has 1 atom stereocenters. The first-order valence-corrected chi connectivity index (χ1v) is 12.7. The summed E-state index contributed by atoms with van der Waals surface area (Å²) in [4.78, 5) is 23.1. The molecule has 1 unspecified atom stereocenters. The third kappa shape index (κ3) is 7.11. The number of nitroso groups, excluding NO2 is 1. The zero-order valence-corrected chi connectivity index (χ0v) is 22.2. The lowest BCUT2D eigenvalue weighted by atomic mass is 10.0. The highest BCUT2D eigenvalue weighted by Gasteiger charge is 2.20. The average Bonchev–Trinajstić information content (AvgIpc) is 3.00. The predicted molar refractivity (Wildman–Crippen MR) is 153 cm³/mol. The Morgan fingerprint density at radius 1 is 1.00 bits per heavy atom. The van der Waals surface area contributed by atoms with Gasteiger partial charge in [0.15, 0.2) is 5.75 Å². The first kappa shape index (κ1) is 29.8. The number of hydrogen-bond acceptors (Lipinski definition) is 10. The van der Waals surface area contributed by atoms with Crippen LogP contribution in [0.25, 0.3) is 11.1 Å². The fraction of sp³-hybridized carbons (Fsp3) is 0.167. The molecule has 0 saturated carbocycles. The monoisotopic (exact) mass is 574 g/mol. The zero-order valence-electron chi connectivity index (χ0n) is 22.2. The number of nitrogens with zero attached hydrogens (tertiary/aromatic N) is 2. The van der Waals surface area contributed by atoms with Crippen molar-refractivity contribution < 1.29 is 34.1 Å². The van der Waals surface area contributed by atoms with E-state index in [0.717, 1.165) is 0 Å². The van der Waals surface area contributed by atoms with Crippen LogP contribution in [0.3, 0.4) is 0 Å². The van der Waals surface area contributed by atoms with E-state index < -0.39 is 24.4 Å². The summed E-state index contributed by atoms with van der Waals surface area (Å²) < 4.78 is 27.1. The maximum Gasteiger partial charge on any atom is 0.323 e. The summed E-state index contributed by atoms with van der Waals surface area (Å²) in [5.74, 6) is -1.56. The summed E-state index contributed by atoms with van der Waals surface area (Å²) in [6, 6.07) is 15.4. The van der Waals surface area contributed by atoms with E-state index in [4.69, 9.17) is 20.1 Å². The number of aliphatic carboxylic acids is 1. The molecule has 0 fully saturated rings. The van der Waals surface area contributed by atoms with Crippen LogP contribution in [0.2, 0.25) is 0 Å². The Morgan fingerprint density at radius 2 is 1.76 bits per heavy atom. The second-order valence-corrected chi connectivity index (χ2v) is 9.15. The number of carbonyl (C=O) groups is 1. The largest absolute Gasteiger partial charge is 0.488 e. The number of ether oxygens (including phenoxy) is 2. The number of oxime groups is 1. The van der Waals surface area contributed by atoms with E-state index in [1.54, 1.807) is 48.5 Å². The quantitative estimate of drug-likeness (QED) is 0.0843. The van der Waals surface area contributed by atoms with Crippen LogP contribution in [-0.2, 0) is 17.9 Å². The maximum atomic E-state index is 15.4. The van der Waals surface area contributed by atoms with Crippen molar-refractivity contribution in [1.29, 1.82) is 5.41 Å². The minimum absolute atomic E-state index is 0.000755. The second kappa shape index (κ2) is 13.9. The van der Waals surface area contributed by atoms with Gasteiger partial charge in [-0.25, -0.2) is 4.39 Å². The fourth-order valence-corrected chi connectivity index (χ4v) is 4.12. The molecular formula is C30H27FN4O7. The molecule has 0 spiro atoms. The number of benzene rings is 3. The molecule has 12 heteroatoms. The summed E-state index contributed by atoms with van der Waals surface area (Å²) in [5.41, 5.74) is 2.14. The van der Waals surface area contributed by atoms with Crippen LogP contribution in [0.1, 0.15) is 11.1 Å². The van der Waals surface area contributed by atoms with Crippen LogP contribution < -0.4 is 14.8 Å². The number of rotatable bonds is 13. The van der Waals surface area contributed by atoms with E-state index in [1.807, 2.05) is 6.07 Å². The number of allylic oxidation sites excluding steroid dienone is 2. The van der Waals surface area contributed by atoms with E-state index in [9.17, 15) is 19.9 Å². The summed E-state index contributed by atoms with van der Waals surface area (Å²) >= 11 is 0. The molecule has 42 heavy (non-hydrogen) atoms. The fourth-order valence-electron chi connectivity index (χ4n) is 4.12. The standard InChI is InChI=1S/C30H27FN4O7/c31-29-20(7-4-8-22(29)19-5-2-1-3-6-19)17-42-28-13-27(41-16-18-9-10-24(34-39)23(32)11-18)21(12-25(28)35-40)14-33-26(15-36)30(37)38/h1-13,26,32-33,36,39H,14-17H2,(H,37,38)/b32-23?,34-24-. The van der Waals surface area contributed by atoms with Crippen LogP contribution in [-0.4, -0.2) is 52.1 Å². The summed E-state index contributed by atoms with van der Waals surface area (Å²) in [7, 11) is 0. The molecule has 1 aliphatic carbocycles. The lowest BCUT2D eigenvalue weighted by Crippen LogP contribution is -2.39. The highest BCUT2D eigenvalue weighted by Crippen LogP contribution is 2.36. The highest BCUT2D eigenvalue weighted by molar-refractivity contribution is 6.50. The number of carboxylic acid groups (broad SMARTS) is 1. The minimum atomic E-state index is -1.28. The molecule has 1 aliphatic rings. The number of halogens is 1. The number of aliphatic hydroxyl groups is 1. The number of nitrogens with one attached hydrogen (secondary N) is 2. The molecule has 11 nitrogen and oxygen atoms in total. The molecule has 3 aromatic carbocycles. The first-order valence-electron chi connectivity index (χ1n) is 12.7. The lowest BCUT2D eigenvalue weighted by molar-refractivity contribution is -0.140. The van der Waals surface area contributed by atoms with Crippen molar-refractivity contribution in [3.63, 3.8) is 0 Å². The van der Waals surface area contributed by atoms with Gasteiger partial charge in [0.25, 0.3) is 0 Å². The van der Waals surface area contributed by atoms with Crippen molar-refractivity contribution in [1.82, 2.24) is 5.32 Å². The van der Waals surface area contributed by atoms with E-state index in [2.05, 4.69) is 15.6 Å². The Labute approximate surface area is 239 Å². The van der Waals surface area contributed by atoms with Crippen molar-refractivity contribution in [2.24, 2.45) is 10.3 Å². The van der Waals surface area contributed by atoms with Gasteiger partial charge in [-0.05, 0) is 34.5 Å². The first-order chi connectivity index (χ1) is 20.3. The predicted octanol–water partition coefficient (Wildman–Crippen LogP) is 4.73. The third-order valence-electron chi connectivity index (χ3n) is 6.37. The maximum absolute atomic E-state index is 15.4. The zero-order chi connectivity index (χ0) is 30.1. The molecule has 216 valence electrons. The third-order valence-corrected chi connectivity index (χ3v) is 6.37. The van der Waals surface area contributed by atoms with Gasteiger partial charge in [0.05, 0.1) is 12.3 Å². The van der Waals surface area contributed by atoms with Gasteiger partial charge in [-0.3, -0.25) is 15.5 Å². The SMILES string of the molecule is N=C1C=C(COc2cc(OCc3cccc(-c4ccccc4)c3F)c(N=O)cc2CNC(CO)C(=O)O)C=C/C1=N/O. The van der Waals surface area contributed by atoms with Crippen molar-refractivity contribution in [2.75, 3.05) is 13.2 Å². The van der Waals surface area contributed by atoms with Gasteiger partial charge >= 0.3 is 5.97 Å². The van der Waals surface area contributed by atoms with Gasteiger partial charge in [-0.2, -0.15) is 0 Å². The topological polar surface area (TPSA) is 174 Å². The lowest BCUT2D eigenvalue weighted by Gasteiger charge is -2.18. The van der Waals surface area contributed by atoms with Crippen LogP contribution >= 0.6 is 0 Å². The Morgan fingerprint density at radius 3 is 2.43 bits per heavy atom. The average molecular weight is 575 g/mol. The molecule has 0 aliphatic heterocycles. The Balaban J connectivity index is 1.61. The molecule has 0 aromatic heterocycles. The number of hydrogen-bond donors (Lipinski definition) is 5. The molecular weight excluding hydrogens is 547 g/mol. The van der Waals surface area contributed by atoms with Gasteiger partial charge in [0.2, 0.25) is 0 Å². The van der Waals surface area contributed by atoms with Crippen molar-refractivity contribution in [3.8, 4) is 22.6 Å². The number of carboxylic acids is 1. The molecule has 4 rings (SSSR count). The minimum Gasteiger partial charge on any atom is -0.488 e. The van der Waals surface area contributed by atoms with Crippen molar-refractivity contribution >= 4 is 23.1 Å². The van der Waals surface area contributed by atoms with E-state index in [-0.39, 0.29) is 53.9 Å². The van der Waals surface area contributed by atoms with Crippen LogP contribution in [0, 0.1) is 16.1 Å². The molecule has 0 bridgehead atoms. The Kier molecular flexibility index (Phi) is 9.87. The molecule has 5 N–H and O–H groups in total. The van der Waals surface area contributed by atoms with Crippen molar-refractivity contribution in [3.05, 3.63) is 106 Å². The molecule has 0 heterocycles. The van der Waals surface area contributed by atoms with E-state index >= 15 is 4.39 Å². The smallest absolute Gasteiger partial charge is 0.323 e. The summed E-state index contributed by atoms with van der Waals surface area (Å²) in [6.45, 7) is -1.07.